The molecule has 0 aromatic carbocycles. The van der Waals surface area contributed by atoms with Gasteiger partial charge in [-0.3, -0.25) is 4.79 Å². The van der Waals surface area contributed by atoms with E-state index < -0.39 is 0 Å². The van der Waals surface area contributed by atoms with Gasteiger partial charge < -0.3 is 15.8 Å². The van der Waals surface area contributed by atoms with E-state index in [2.05, 4.69) is 5.32 Å². The van der Waals surface area contributed by atoms with E-state index in [1.165, 1.54) is 12.8 Å². The smallest absolute Gasteiger partial charge is 0.220 e. The van der Waals surface area contributed by atoms with Gasteiger partial charge in [0.15, 0.2) is 0 Å². The van der Waals surface area contributed by atoms with Gasteiger partial charge in [0.25, 0.3) is 0 Å². The summed E-state index contributed by atoms with van der Waals surface area (Å²) in [6.07, 6.45) is 7.34. The van der Waals surface area contributed by atoms with Crippen molar-refractivity contribution in [2.75, 3.05) is 20.2 Å². The van der Waals surface area contributed by atoms with Crippen LogP contribution >= 0.6 is 0 Å². The Hall–Kier alpha value is -0.610. The molecule has 0 spiro atoms. The fourth-order valence-corrected chi connectivity index (χ4v) is 2.82. The second-order valence-corrected chi connectivity index (χ2v) is 5.75. The minimum atomic E-state index is -0.0782. The van der Waals surface area contributed by atoms with Crippen LogP contribution in [0.4, 0.5) is 0 Å². The molecule has 0 aromatic rings. The van der Waals surface area contributed by atoms with Crippen LogP contribution in [-0.2, 0) is 9.53 Å². The Balaban J connectivity index is 1.74. The summed E-state index contributed by atoms with van der Waals surface area (Å²) in [5.74, 6) is 0.137. The first-order valence-corrected chi connectivity index (χ1v) is 6.66. The highest BCUT2D eigenvalue weighted by atomic mass is 16.5. The van der Waals surface area contributed by atoms with Crippen LogP contribution in [-0.4, -0.2) is 31.7 Å². The van der Waals surface area contributed by atoms with Crippen LogP contribution in [0, 0.1) is 5.41 Å². The lowest BCUT2D eigenvalue weighted by atomic mass is 9.66. The molecule has 2 fully saturated rings. The molecule has 0 saturated heterocycles. The summed E-state index contributed by atoms with van der Waals surface area (Å²) in [5, 5.41) is 3.02. The van der Waals surface area contributed by atoms with Crippen LogP contribution in [0.1, 0.15) is 44.9 Å². The van der Waals surface area contributed by atoms with Gasteiger partial charge in [0.1, 0.15) is 0 Å². The topological polar surface area (TPSA) is 64.3 Å². The molecule has 0 bridgehead atoms. The Morgan fingerprint density at radius 2 is 1.94 bits per heavy atom. The maximum Gasteiger partial charge on any atom is 0.220 e. The van der Waals surface area contributed by atoms with Crippen LogP contribution in [0.25, 0.3) is 0 Å². The molecule has 3 N–H and O–H groups in total. The van der Waals surface area contributed by atoms with E-state index in [0.717, 1.165) is 25.7 Å². The van der Waals surface area contributed by atoms with Crippen LogP contribution < -0.4 is 11.1 Å². The molecule has 0 unspecified atom stereocenters. The second kappa shape index (κ2) is 4.94. The first-order valence-electron chi connectivity index (χ1n) is 6.66. The first-order chi connectivity index (χ1) is 8.14. The van der Waals surface area contributed by atoms with Crippen molar-refractivity contribution in [2.45, 2.75) is 50.5 Å². The number of hydrogen-bond acceptors (Lipinski definition) is 3. The van der Waals surface area contributed by atoms with Crippen LogP contribution in [0.15, 0.2) is 0 Å². The fraction of sp³-hybridized carbons (Fsp3) is 0.923. The summed E-state index contributed by atoms with van der Waals surface area (Å²) >= 11 is 0. The first kappa shape index (κ1) is 12.8. The van der Waals surface area contributed by atoms with Gasteiger partial charge in [-0.2, -0.15) is 0 Å². The number of amides is 1. The largest absolute Gasteiger partial charge is 0.376 e. The zero-order chi connectivity index (χ0) is 12.4. The zero-order valence-corrected chi connectivity index (χ0v) is 10.8. The number of carbonyl (C=O) groups excluding carboxylic acids is 1. The SMILES string of the molecule is COC1(CNC(=O)CC2(CN)CCC2)CCC1. The van der Waals surface area contributed by atoms with Crippen molar-refractivity contribution in [1.29, 1.82) is 0 Å². The molecule has 2 aliphatic rings. The lowest BCUT2D eigenvalue weighted by Gasteiger charge is -2.42. The highest BCUT2D eigenvalue weighted by Gasteiger charge is 2.40. The van der Waals surface area contributed by atoms with E-state index >= 15 is 0 Å². The highest BCUT2D eigenvalue weighted by Crippen LogP contribution is 2.43. The quantitative estimate of drug-likeness (QED) is 0.733. The average molecular weight is 240 g/mol. The third-order valence-corrected chi connectivity index (χ3v) is 4.69. The van der Waals surface area contributed by atoms with Crippen molar-refractivity contribution in [3.05, 3.63) is 0 Å². The minimum absolute atomic E-state index is 0.0782. The van der Waals surface area contributed by atoms with Gasteiger partial charge in [0, 0.05) is 20.1 Å². The molecular weight excluding hydrogens is 216 g/mol. The maximum atomic E-state index is 11.9. The monoisotopic (exact) mass is 240 g/mol. The molecule has 2 rings (SSSR count). The normalized spacial score (nSPS) is 24.6. The van der Waals surface area contributed by atoms with Gasteiger partial charge in [0.05, 0.1) is 5.60 Å². The summed E-state index contributed by atoms with van der Waals surface area (Å²) in [5.41, 5.74) is 5.78. The van der Waals surface area contributed by atoms with E-state index in [0.29, 0.717) is 19.5 Å². The fourth-order valence-electron chi connectivity index (χ4n) is 2.82. The summed E-state index contributed by atoms with van der Waals surface area (Å²) in [7, 11) is 1.73. The van der Waals surface area contributed by atoms with E-state index in [4.69, 9.17) is 10.5 Å². The van der Waals surface area contributed by atoms with Crippen LogP contribution in [0.5, 0.6) is 0 Å². The Morgan fingerprint density at radius 1 is 1.29 bits per heavy atom. The molecule has 0 heterocycles. The Bertz CT molecular complexity index is 272. The molecular formula is C13H24N2O2. The molecule has 4 heteroatoms. The molecule has 2 saturated carbocycles. The molecule has 2 aliphatic carbocycles. The van der Waals surface area contributed by atoms with Crippen LogP contribution in [0.3, 0.4) is 0 Å². The molecule has 0 atom stereocenters. The van der Waals surface area contributed by atoms with Crippen molar-refractivity contribution in [3.63, 3.8) is 0 Å². The predicted molar refractivity (Wildman–Crippen MR) is 66.6 cm³/mol. The molecule has 4 nitrogen and oxygen atoms in total. The summed E-state index contributed by atoms with van der Waals surface area (Å²) in [6, 6.07) is 0. The molecule has 17 heavy (non-hydrogen) atoms. The number of nitrogens with one attached hydrogen (secondary N) is 1. The number of rotatable bonds is 6. The molecule has 98 valence electrons. The maximum absolute atomic E-state index is 11.9. The lowest BCUT2D eigenvalue weighted by molar-refractivity contribution is -0.128. The van der Waals surface area contributed by atoms with Crippen molar-refractivity contribution < 1.29 is 9.53 Å². The number of carbonyl (C=O) groups is 1. The summed E-state index contributed by atoms with van der Waals surface area (Å²) < 4.78 is 5.48. The lowest BCUT2D eigenvalue weighted by Crippen LogP contribution is -2.50. The summed E-state index contributed by atoms with van der Waals surface area (Å²) in [4.78, 5) is 11.9. The average Bonchev–Trinajstić information content (AvgIpc) is 2.22. The van der Waals surface area contributed by atoms with E-state index in [1.54, 1.807) is 7.11 Å². The third-order valence-electron chi connectivity index (χ3n) is 4.69. The standard InChI is InChI=1S/C13H24N2O2/c1-17-13(6-3-7-13)10-15-11(16)8-12(9-14)4-2-5-12/h2-10,14H2,1H3,(H,15,16). The Morgan fingerprint density at radius 3 is 2.29 bits per heavy atom. The van der Waals surface area contributed by atoms with Crippen molar-refractivity contribution in [3.8, 4) is 0 Å². The van der Waals surface area contributed by atoms with Gasteiger partial charge in [-0.1, -0.05) is 6.42 Å². The van der Waals surface area contributed by atoms with Gasteiger partial charge >= 0.3 is 0 Å². The number of methoxy groups -OCH3 is 1. The number of ether oxygens (including phenoxy) is 1. The molecule has 1 amide bonds. The molecule has 0 radical (unpaired) electrons. The summed E-state index contributed by atoms with van der Waals surface area (Å²) in [6.45, 7) is 1.29. The van der Waals surface area contributed by atoms with Gasteiger partial charge in [0.2, 0.25) is 5.91 Å². The minimum Gasteiger partial charge on any atom is -0.376 e. The van der Waals surface area contributed by atoms with E-state index in [1.807, 2.05) is 0 Å². The van der Waals surface area contributed by atoms with Crippen molar-refractivity contribution in [1.82, 2.24) is 5.32 Å². The highest BCUT2D eigenvalue weighted by molar-refractivity contribution is 5.77. The van der Waals surface area contributed by atoms with Gasteiger partial charge in [-0.05, 0) is 44.1 Å². The molecule has 0 aliphatic heterocycles. The van der Waals surface area contributed by atoms with E-state index in [9.17, 15) is 4.79 Å². The second-order valence-electron chi connectivity index (χ2n) is 5.75. The number of nitrogens with two attached hydrogens (primary N) is 1. The zero-order valence-electron chi connectivity index (χ0n) is 10.8. The van der Waals surface area contributed by atoms with Crippen molar-refractivity contribution in [2.24, 2.45) is 11.1 Å². The van der Waals surface area contributed by atoms with E-state index in [-0.39, 0.29) is 16.9 Å². The van der Waals surface area contributed by atoms with Gasteiger partial charge in [-0.25, -0.2) is 0 Å². The van der Waals surface area contributed by atoms with Crippen LogP contribution in [0.2, 0.25) is 0 Å². The van der Waals surface area contributed by atoms with Gasteiger partial charge in [-0.15, -0.1) is 0 Å². The Kier molecular flexibility index (Phi) is 3.73. The van der Waals surface area contributed by atoms with Crippen molar-refractivity contribution >= 4 is 5.91 Å². The Labute approximate surface area is 103 Å². The molecule has 0 aromatic heterocycles. The predicted octanol–water partition coefficient (Wildman–Crippen LogP) is 1.19. The third kappa shape index (κ3) is 2.63. The number of hydrogen-bond donors (Lipinski definition) is 2.